The van der Waals surface area contributed by atoms with E-state index >= 15 is 0 Å². The quantitative estimate of drug-likeness (QED) is 0.193. The molecule has 0 fully saturated rings. The summed E-state index contributed by atoms with van der Waals surface area (Å²) in [5.74, 6) is 1.82. The minimum absolute atomic E-state index is 0.479. The van der Waals surface area contributed by atoms with Gasteiger partial charge in [0, 0.05) is 28.2 Å². The average molecular weight is 626 g/mol. The minimum Gasteiger partial charge on any atom is -0.457 e. The van der Waals surface area contributed by atoms with E-state index in [1.54, 1.807) is 0 Å². The summed E-state index contributed by atoms with van der Waals surface area (Å²) in [6.07, 6.45) is 0. The van der Waals surface area contributed by atoms with E-state index in [1.807, 2.05) is 0 Å². The Balaban J connectivity index is 1.12. The molecule has 1 aliphatic carbocycles. The maximum atomic E-state index is 6.54. The predicted molar refractivity (Wildman–Crippen MR) is 201 cm³/mol. The first-order chi connectivity index (χ1) is 24.3. The lowest BCUT2D eigenvalue weighted by molar-refractivity contribution is 0.436. The van der Waals surface area contributed by atoms with Crippen molar-refractivity contribution >= 4 is 27.8 Å². The van der Waals surface area contributed by atoms with Gasteiger partial charge in [-0.05, 0) is 98.8 Å². The van der Waals surface area contributed by atoms with Crippen molar-refractivity contribution in [1.29, 1.82) is 0 Å². The first kappa shape index (κ1) is 27.7. The number of nitrogens with zero attached hydrogens (tertiary/aromatic N) is 1. The maximum Gasteiger partial charge on any atom is 0.132 e. The van der Waals surface area contributed by atoms with E-state index in [-0.39, 0.29) is 0 Å². The predicted octanol–water partition coefficient (Wildman–Crippen LogP) is 12.4. The lowest BCUT2D eigenvalue weighted by Crippen LogP contribution is -2.32. The van der Waals surface area contributed by atoms with Crippen LogP contribution in [0.25, 0.3) is 33.0 Å². The maximum absolute atomic E-state index is 6.54. The first-order valence-electron chi connectivity index (χ1n) is 16.8. The fourth-order valence-electron chi connectivity index (χ4n) is 8.18. The van der Waals surface area contributed by atoms with Gasteiger partial charge in [-0.3, -0.25) is 0 Å². The van der Waals surface area contributed by atoms with Crippen LogP contribution in [0.3, 0.4) is 0 Å². The first-order valence-corrected chi connectivity index (χ1v) is 16.8. The highest BCUT2D eigenvalue weighted by Crippen LogP contribution is 2.62. The summed E-state index contributed by atoms with van der Waals surface area (Å²) in [5, 5.41) is 2.46. The fraction of sp³-hybridized carbons (Fsp3) is 0.0213. The number of anilines is 3. The van der Waals surface area contributed by atoms with Crippen LogP contribution in [0.2, 0.25) is 0 Å². The molecule has 0 bridgehead atoms. The van der Waals surface area contributed by atoms with Crippen molar-refractivity contribution in [2.75, 3.05) is 4.90 Å². The molecule has 1 aliphatic heterocycles. The molecule has 8 aromatic rings. The fourth-order valence-corrected chi connectivity index (χ4v) is 8.18. The Hall–Kier alpha value is -6.38. The summed E-state index contributed by atoms with van der Waals surface area (Å²) in [6.45, 7) is 0. The van der Waals surface area contributed by atoms with E-state index in [0.717, 1.165) is 28.6 Å². The summed E-state index contributed by atoms with van der Waals surface area (Å²) < 4.78 is 6.54. The second-order valence-corrected chi connectivity index (χ2v) is 12.9. The number of fused-ring (bicyclic) bond motifs is 10. The summed E-state index contributed by atoms with van der Waals surface area (Å²) in [7, 11) is 0. The number of ether oxygens (including phenoxy) is 1. The van der Waals surface area contributed by atoms with Crippen LogP contribution in [0.15, 0.2) is 188 Å². The van der Waals surface area contributed by atoms with Crippen LogP contribution in [0, 0.1) is 0 Å². The molecule has 0 aromatic heterocycles. The molecule has 2 nitrogen and oxygen atoms in total. The number of hydrogen-bond acceptors (Lipinski definition) is 2. The third-order valence-corrected chi connectivity index (χ3v) is 10.3. The number of benzene rings is 8. The van der Waals surface area contributed by atoms with Crippen LogP contribution in [-0.2, 0) is 5.41 Å². The van der Waals surface area contributed by atoms with Gasteiger partial charge in [0.05, 0.1) is 5.41 Å². The molecule has 1 spiro atoms. The van der Waals surface area contributed by atoms with E-state index in [0.29, 0.717) is 0 Å². The van der Waals surface area contributed by atoms with Gasteiger partial charge in [-0.2, -0.15) is 0 Å². The Morgan fingerprint density at radius 2 is 0.898 bits per heavy atom. The third-order valence-electron chi connectivity index (χ3n) is 10.3. The van der Waals surface area contributed by atoms with Crippen LogP contribution >= 0.6 is 0 Å². The highest BCUT2D eigenvalue weighted by Gasteiger charge is 2.51. The molecule has 230 valence electrons. The number of para-hydroxylation sites is 3. The van der Waals surface area contributed by atoms with Crippen molar-refractivity contribution < 1.29 is 4.74 Å². The molecular weight excluding hydrogens is 595 g/mol. The Labute approximate surface area is 286 Å². The molecular formula is C47H31NO. The van der Waals surface area contributed by atoms with Gasteiger partial charge in [0.15, 0.2) is 0 Å². The molecule has 2 heteroatoms. The second-order valence-electron chi connectivity index (χ2n) is 12.9. The molecule has 8 aromatic carbocycles. The monoisotopic (exact) mass is 625 g/mol. The Morgan fingerprint density at radius 3 is 1.65 bits per heavy atom. The summed E-state index contributed by atoms with van der Waals surface area (Å²) in [4.78, 5) is 2.33. The molecule has 0 saturated heterocycles. The van der Waals surface area contributed by atoms with Crippen molar-refractivity contribution in [3.8, 4) is 33.8 Å². The van der Waals surface area contributed by atoms with E-state index in [9.17, 15) is 0 Å². The zero-order valence-electron chi connectivity index (χ0n) is 26.8. The van der Waals surface area contributed by atoms with Crippen molar-refractivity contribution in [2.24, 2.45) is 0 Å². The minimum atomic E-state index is -0.479. The second kappa shape index (κ2) is 10.8. The van der Waals surface area contributed by atoms with Crippen molar-refractivity contribution in [3.63, 3.8) is 0 Å². The molecule has 1 heterocycles. The van der Waals surface area contributed by atoms with Gasteiger partial charge in [0.2, 0.25) is 0 Å². The van der Waals surface area contributed by atoms with Crippen LogP contribution in [0.1, 0.15) is 22.3 Å². The van der Waals surface area contributed by atoms with Crippen molar-refractivity contribution in [3.05, 3.63) is 210 Å². The van der Waals surface area contributed by atoms with Gasteiger partial charge >= 0.3 is 0 Å². The summed E-state index contributed by atoms with van der Waals surface area (Å²) >= 11 is 0. The van der Waals surface area contributed by atoms with E-state index in [4.69, 9.17) is 4.74 Å². The van der Waals surface area contributed by atoms with Crippen LogP contribution in [-0.4, -0.2) is 0 Å². The largest absolute Gasteiger partial charge is 0.457 e. The molecule has 49 heavy (non-hydrogen) atoms. The van der Waals surface area contributed by atoms with Gasteiger partial charge in [-0.1, -0.05) is 133 Å². The highest BCUT2D eigenvalue weighted by atomic mass is 16.5. The Kier molecular flexibility index (Phi) is 6.13. The molecule has 0 amide bonds. The van der Waals surface area contributed by atoms with Gasteiger partial charge < -0.3 is 9.64 Å². The lowest BCUT2D eigenvalue weighted by Gasteiger charge is -2.39. The summed E-state index contributed by atoms with van der Waals surface area (Å²) in [5.41, 5.74) is 12.8. The third kappa shape index (κ3) is 4.14. The zero-order chi connectivity index (χ0) is 32.4. The molecule has 0 atom stereocenters. The van der Waals surface area contributed by atoms with Crippen LogP contribution < -0.4 is 9.64 Å². The normalized spacial score (nSPS) is 13.2. The van der Waals surface area contributed by atoms with Crippen molar-refractivity contribution in [1.82, 2.24) is 0 Å². The van der Waals surface area contributed by atoms with E-state index in [2.05, 4.69) is 193 Å². The van der Waals surface area contributed by atoms with Crippen LogP contribution in [0.5, 0.6) is 11.5 Å². The van der Waals surface area contributed by atoms with E-state index < -0.39 is 5.41 Å². The molecule has 10 rings (SSSR count). The molecule has 0 unspecified atom stereocenters. The lowest BCUT2D eigenvalue weighted by atomic mass is 9.66. The topological polar surface area (TPSA) is 12.5 Å². The molecule has 0 N–H and O–H groups in total. The summed E-state index contributed by atoms with van der Waals surface area (Å²) in [6, 6.07) is 67.8. The van der Waals surface area contributed by atoms with Gasteiger partial charge in [-0.15, -0.1) is 0 Å². The van der Waals surface area contributed by atoms with Crippen molar-refractivity contribution in [2.45, 2.75) is 5.41 Å². The standard InChI is InChI=1S/C47H31NO/c1-2-14-36(15-3-1)48(38-28-24-32-12-4-5-13-34(32)30-38)37-26-22-33(23-27-37)35-25-29-40-39-16-6-7-17-41(39)47(44(40)31-35)42-18-8-10-20-45(42)49-46-21-11-9-19-43(46)47/h1-31H. The molecule has 2 aliphatic rings. The van der Waals surface area contributed by atoms with Gasteiger partial charge in [0.1, 0.15) is 11.5 Å². The smallest absolute Gasteiger partial charge is 0.132 e. The van der Waals surface area contributed by atoms with Gasteiger partial charge in [0.25, 0.3) is 0 Å². The molecule has 0 saturated carbocycles. The van der Waals surface area contributed by atoms with E-state index in [1.165, 1.54) is 55.3 Å². The highest BCUT2D eigenvalue weighted by molar-refractivity contribution is 5.91. The Morgan fingerprint density at radius 1 is 0.347 bits per heavy atom. The van der Waals surface area contributed by atoms with Gasteiger partial charge in [-0.25, -0.2) is 0 Å². The molecule has 0 radical (unpaired) electrons. The number of rotatable bonds is 4. The SMILES string of the molecule is c1ccc(N(c2ccc(-c3ccc4c(c3)C3(c5ccccc5Oc5ccccc53)c3ccccc3-4)cc2)c2ccc3ccccc3c2)cc1. The van der Waals surface area contributed by atoms with Crippen LogP contribution in [0.4, 0.5) is 17.1 Å². The Bertz CT molecular complexity index is 2490. The zero-order valence-corrected chi connectivity index (χ0v) is 26.8. The average Bonchev–Trinajstić information content (AvgIpc) is 3.46. The number of hydrogen-bond donors (Lipinski definition) is 0.